The number of benzene rings is 3. The average Bonchev–Trinajstić information content (AvgIpc) is 3.08. The van der Waals surface area contributed by atoms with Crippen molar-refractivity contribution in [2.45, 2.75) is 43.4 Å². The highest BCUT2D eigenvalue weighted by atomic mass is 19.1. The molecule has 1 aliphatic heterocycles. The summed E-state index contributed by atoms with van der Waals surface area (Å²) >= 11 is 0. The van der Waals surface area contributed by atoms with Crippen molar-refractivity contribution in [3.05, 3.63) is 107 Å². The average molecular weight is 522 g/mol. The van der Waals surface area contributed by atoms with Crippen LogP contribution in [0.5, 0.6) is 0 Å². The molecule has 1 fully saturated rings. The molecule has 1 aliphatic rings. The number of nitrogens with two attached hydrogens (primary N) is 1. The number of nitrogens with zero attached hydrogens (tertiary/aromatic N) is 1. The maximum atomic E-state index is 13.9. The van der Waals surface area contributed by atoms with Gasteiger partial charge in [-0.15, -0.1) is 0 Å². The summed E-state index contributed by atoms with van der Waals surface area (Å²) in [5, 5.41) is 13.7. The van der Waals surface area contributed by atoms with Crippen molar-refractivity contribution in [1.29, 1.82) is 0 Å². The van der Waals surface area contributed by atoms with E-state index in [1.807, 2.05) is 36.4 Å². The SMILES string of the molecule is C[C@H](N)C(=O)N(C(=O)[C@@H](O)c1cc(F)cc(F)c1)[C@@H]1C(=O)NC[C@H](c2ccccc2)C[C@@H]1c1ccccc1. The van der Waals surface area contributed by atoms with E-state index in [0.717, 1.165) is 17.7 Å². The van der Waals surface area contributed by atoms with E-state index in [-0.39, 0.29) is 18.0 Å². The van der Waals surface area contributed by atoms with Crippen molar-refractivity contribution < 1.29 is 28.3 Å². The van der Waals surface area contributed by atoms with Crippen molar-refractivity contribution in [3.63, 3.8) is 0 Å². The minimum absolute atomic E-state index is 0.139. The molecule has 3 aromatic rings. The van der Waals surface area contributed by atoms with Crippen LogP contribution in [-0.2, 0) is 14.4 Å². The third-order valence-corrected chi connectivity index (χ3v) is 6.79. The number of aliphatic hydroxyl groups excluding tert-OH is 1. The van der Waals surface area contributed by atoms with Gasteiger partial charge >= 0.3 is 0 Å². The second-order valence-electron chi connectivity index (χ2n) is 9.49. The first kappa shape index (κ1) is 27.1. The van der Waals surface area contributed by atoms with Crippen LogP contribution >= 0.6 is 0 Å². The van der Waals surface area contributed by atoms with Crippen LogP contribution in [-0.4, -0.2) is 46.4 Å². The van der Waals surface area contributed by atoms with Crippen LogP contribution in [0.25, 0.3) is 0 Å². The molecule has 198 valence electrons. The largest absolute Gasteiger partial charge is 0.378 e. The summed E-state index contributed by atoms with van der Waals surface area (Å²) in [6.07, 6.45) is -1.72. The van der Waals surface area contributed by atoms with Gasteiger partial charge in [0.15, 0.2) is 6.10 Å². The fraction of sp³-hybridized carbons (Fsp3) is 0.276. The number of imide groups is 1. The number of nitrogens with one attached hydrogen (secondary N) is 1. The van der Waals surface area contributed by atoms with Crippen LogP contribution in [0.3, 0.4) is 0 Å². The van der Waals surface area contributed by atoms with Gasteiger partial charge in [0, 0.05) is 24.4 Å². The first-order chi connectivity index (χ1) is 18.2. The number of carbonyl (C=O) groups is 3. The van der Waals surface area contributed by atoms with Gasteiger partial charge in [0.05, 0.1) is 6.04 Å². The summed E-state index contributed by atoms with van der Waals surface area (Å²) in [5.41, 5.74) is 7.17. The Kier molecular flexibility index (Phi) is 8.29. The molecule has 4 rings (SSSR count). The van der Waals surface area contributed by atoms with Crippen LogP contribution in [0.15, 0.2) is 78.9 Å². The first-order valence-electron chi connectivity index (χ1n) is 12.3. The molecule has 0 aliphatic carbocycles. The Hall–Kier alpha value is -3.95. The highest BCUT2D eigenvalue weighted by Crippen LogP contribution is 2.37. The number of hydrogen-bond donors (Lipinski definition) is 3. The van der Waals surface area contributed by atoms with Crippen molar-refractivity contribution in [3.8, 4) is 0 Å². The number of hydrogen-bond acceptors (Lipinski definition) is 5. The van der Waals surface area contributed by atoms with Gasteiger partial charge in [0.2, 0.25) is 11.8 Å². The summed E-state index contributed by atoms with van der Waals surface area (Å²) in [6.45, 7) is 1.62. The predicted octanol–water partition coefficient (Wildman–Crippen LogP) is 3.16. The number of halogens is 2. The summed E-state index contributed by atoms with van der Waals surface area (Å²) in [4.78, 5) is 41.3. The second kappa shape index (κ2) is 11.6. The Balaban J connectivity index is 1.81. The molecule has 0 bridgehead atoms. The highest BCUT2D eigenvalue weighted by Gasteiger charge is 2.46. The number of aliphatic hydroxyl groups is 1. The Morgan fingerprint density at radius 2 is 1.50 bits per heavy atom. The summed E-state index contributed by atoms with van der Waals surface area (Å²) in [7, 11) is 0. The van der Waals surface area contributed by atoms with Gasteiger partial charge in [-0.2, -0.15) is 0 Å². The van der Waals surface area contributed by atoms with E-state index in [0.29, 0.717) is 23.0 Å². The van der Waals surface area contributed by atoms with Gasteiger partial charge in [0.1, 0.15) is 17.7 Å². The Labute approximate surface area is 219 Å². The van der Waals surface area contributed by atoms with Crippen molar-refractivity contribution in [1.82, 2.24) is 10.2 Å². The molecule has 0 radical (unpaired) electrons. The normalized spacial score (nSPS) is 21.1. The van der Waals surface area contributed by atoms with Crippen LogP contribution in [0.1, 0.15) is 48.0 Å². The summed E-state index contributed by atoms with van der Waals surface area (Å²) < 4.78 is 27.7. The quantitative estimate of drug-likeness (QED) is 0.461. The van der Waals surface area contributed by atoms with E-state index in [1.54, 1.807) is 24.3 Å². The van der Waals surface area contributed by atoms with Crippen LogP contribution in [0, 0.1) is 11.6 Å². The lowest BCUT2D eigenvalue weighted by molar-refractivity contribution is -0.158. The maximum absolute atomic E-state index is 13.9. The maximum Gasteiger partial charge on any atom is 0.263 e. The van der Waals surface area contributed by atoms with Gasteiger partial charge in [-0.1, -0.05) is 60.7 Å². The summed E-state index contributed by atoms with van der Waals surface area (Å²) in [5.74, 6) is -5.50. The second-order valence-corrected chi connectivity index (χ2v) is 9.49. The summed E-state index contributed by atoms with van der Waals surface area (Å²) in [6, 6.07) is 18.2. The first-order valence-corrected chi connectivity index (χ1v) is 12.3. The molecule has 0 spiro atoms. The topological polar surface area (TPSA) is 113 Å². The minimum atomic E-state index is -2.11. The molecule has 0 unspecified atom stereocenters. The Morgan fingerprint density at radius 3 is 2.05 bits per heavy atom. The van der Waals surface area contributed by atoms with Gasteiger partial charge in [0.25, 0.3) is 5.91 Å². The predicted molar refractivity (Wildman–Crippen MR) is 137 cm³/mol. The van der Waals surface area contributed by atoms with E-state index in [1.165, 1.54) is 6.92 Å². The van der Waals surface area contributed by atoms with Gasteiger partial charge < -0.3 is 16.2 Å². The molecular weight excluding hydrogens is 492 g/mol. The van der Waals surface area contributed by atoms with Crippen LogP contribution in [0.2, 0.25) is 0 Å². The van der Waals surface area contributed by atoms with Crippen molar-refractivity contribution >= 4 is 17.7 Å². The van der Waals surface area contributed by atoms with Crippen molar-refractivity contribution in [2.75, 3.05) is 6.54 Å². The minimum Gasteiger partial charge on any atom is -0.378 e. The molecular formula is C29H29F2N3O4. The van der Waals surface area contributed by atoms with E-state index in [9.17, 15) is 28.3 Å². The molecule has 38 heavy (non-hydrogen) atoms. The highest BCUT2D eigenvalue weighted by molar-refractivity contribution is 6.04. The zero-order chi connectivity index (χ0) is 27.4. The van der Waals surface area contributed by atoms with Crippen LogP contribution < -0.4 is 11.1 Å². The third-order valence-electron chi connectivity index (χ3n) is 6.79. The van der Waals surface area contributed by atoms with Gasteiger partial charge in [-0.05, 0) is 42.2 Å². The zero-order valence-corrected chi connectivity index (χ0v) is 20.8. The lowest BCUT2D eigenvalue weighted by Crippen LogP contribution is -2.58. The smallest absolute Gasteiger partial charge is 0.263 e. The fourth-order valence-corrected chi connectivity index (χ4v) is 4.93. The third kappa shape index (κ3) is 5.79. The molecule has 0 saturated carbocycles. The van der Waals surface area contributed by atoms with E-state index in [4.69, 9.17) is 5.73 Å². The fourth-order valence-electron chi connectivity index (χ4n) is 4.93. The lowest BCUT2D eigenvalue weighted by atomic mass is 9.81. The van der Waals surface area contributed by atoms with E-state index >= 15 is 0 Å². The Morgan fingerprint density at radius 1 is 0.947 bits per heavy atom. The van der Waals surface area contributed by atoms with Crippen molar-refractivity contribution in [2.24, 2.45) is 5.73 Å². The van der Waals surface area contributed by atoms with Gasteiger partial charge in [-0.3, -0.25) is 19.3 Å². The monoisotopic (exact) mass is 521 g/mol. The molecule has 3 amide bonds. The van der Waals surface area contributed by atoms with Crippen LogP contribution in [0.4, 0.5) is 8.78 Å². The Bertz CT molecular complexity index is 1280. The number of carbonyl (C=O) groups excluding carboxylic acids is 3. The van der Waals surface area contributed by atoms with E-state index in [2.05, 4.69) is 5.32 Å². The molecule has 5 atom stereocenters. The molecule has 3 aromatic carbocycles. The molecule has 0 aromatic heterocycles. The molecule has 7 nitrogen and oxygen atoms in total. The number of amides is 3. The standard InChI is InChI=1S/C29H29F2N3O4/c1-17(32)28(37)34(29(38)26(35)20-12-22(30)15-23(31)13-20)25-24(19-10-6-3-7-11-19)14-21(16-33-27(25)36)18-8-4-2-5-9-18/h2-13,15,17,21,24-26,35H,14,16,32H2,1H3,(H,33,36)/t17-,21+,24+,25-,26-/m0/s1. The zero-order valence-electron chi connectivity index (χ0n) is 20.8. The molecule has 9 heteroatoms. The van der Waals surface area contributed by atoms with E-state index < -0.39 is 53.5 Å². The molecule has 1 heterocycles. The molecule has 4 N–H and O–H groups in total. The lowest BCUT2D eigenvalue weighted by Gasteiger charge is -2.36. The number of rotatable bonds is 6. The van der Waals surface area contributed by atoms with Gasteiger partial charge in [-0.25, -0.2) is 8.78 Å². The molecule has 1 saturated heterocycles.